The van der Waals surface area contributed by atoms with Gasteiger partial charge in [-0.1, -0.05) is 28.1 Å². The van der Waals surface area contributed by atoms with Crippen LogP contribution in [0.3, 0.4) is 0 Å². The van der Waals surface area contributed by atoms with Gasteiger partial charge in [-0.15, -0.1) is 0 Å². The van der Waals surface area contributed by atoms with Crippen LogP contribution in [0.15, 0.2) is 58.2 Å². The number of aromatic nitrogens is 1. The number of sulfone groups is 1. The number of pyridine rings is 1. The molecule has 0 bridgehead atoms. The first-order valence-electron chi connectivity index (χ1n) is 6.64. The molecule has 21 heavy (non-hydrogen) atoms. The Labute approximate surface area is 133 Å². The molecule has 0 aliphatic rings. The molecule has 0 saturated heterocycles. The van der Waals surface area contributed by atoms with Crippen LogP contribution in [0.25, 0.3) is 0 Å². The molecule has 0 atom stereocenters. The lowest BCUT2D eigenvalue weighted by Crippen LogP contribution is -2.34. The van der Waals surface area contributed by atoms with Gasteiger partial charge in [-0.05, 0) is 43.0 Å². The highest BCUT2D eigenvalue weighted by atomic mass is 79.9. The second kappa shape index (κ2) is 7.04. The fourth-order valence-corrected chi connectivity index (χ4v) is 3.71. The number of hydrogen-bond acceptors (Lipinski definition) is 3. The van der Waals surface area contributed by atoms with Crippen LogP contribution in [-0.2, 0) is 16.3 Å². The predicted octanol–water partition coefficient (Wildman–Crippen LogP) is 2.88. The molecule has 1 aromatic heterocycles. The van der Waals surface area contributed by atoms with Crippen molar-refractivity contribution in [1.82, 2.24) is 0 Å². The average molecular weight is 370 g/mol. The molecule has 0 fully saturated rings. The van der Waals surface area contributed by atoms with Crippen LogP contribution in [-0.4, -0.2) is 14.2 Å². The molecular weight excluding hydrogens is 354 g/mol. The average Bonchev–Trinajstić information content (AvgIpc) is 2.46. The Bertz CT molecular complexity index is 699. The maximum atomic E-state index is 12.1. The van der Waals surface area contributed by atoms with Crippen LogP contribution in [0.1, 0.15) is 18.4 Å². The fraction of sp³-hybridized carbons (Fsp3) is 0.267. The van der Waals surface area contributed by atoms with Gasteiger partial charge in [0.2, 0.25) is 9.84 Å². The molecule has 2 rings (SSSR count). The van der Waals surface area contributed by atoms with Crippen molar-refractivity contribution < 1.29 is 13.1 Å². The van der Waals surface area contributed by atoms with Crippen molar-refractivity contribution >= 4 is 25.8 Å². The molecule has 0 unspecified atom stereocenters. The van der Waals surface area contributed by atoms with E-state index in [2.05, 4.69) is 15.9 Å². The normalized spacial score (nSPS) is 11.5. The standard InChI is InChI=1S/C15H16BrNO3S/c16-14-9-7-13(8-10-14)5-2-4-12-21(19,20)15-6-1-3-11-17(15)18/h1,3,6-11H,2,4-5,12H2. The monoisotopic (exact) mass is 369 g/mol. The molecule has 2 aromatic rings. The van der Waals surface area contributed by atoms with E-state index in [0.29, 0.717) is 11.2 Å². The largest absolute Gasteiger partial charge is 0.618 e. The van der Waals surface area contributed by atoms with Crippen LogP contribution >= 0.6 is 15.9 Å². The summed E-state index contributed by atoms with van der Waals surface area (Å²) in [5.74, 6) is -0.00419. The first-order chi connectivity index (χ1) is 9.99. The van der Waals surface area contributed by atoms with Crippen molar-refractivity contribution in [2.75, 3.05) is 5.75 Å². The molecule has 4 nitrogen and oxygen atoms in total. The van der Waals surface area contributed by atoms with Gasteiger partial charge in [0.05, 0.1) is 5.75 Å². The third-order valence-electron chi connectivity index (χ3n) is 3.15. The van der Waals surface area contributed by atoms with Gasteiger partial charge >= 0.3 is 5.03 Å². The lowest BCUT2D eigenvalue weighted by molar-refractivity contribution is -0.646. The van der Waals surface area contributed by atoms with E-state index in [1.54, 1.807) is 6.07 Å². The van der Waals surface area contributed by atoms with Crippen molar-refractivity contribution in [1.29, 1.82) is 0 Å². The molecule has 0 spiro atoms. The van der Waals surface area contributed by atoms with Crippen molar-refractivity contribution in [2.45, 2.75) is 24.3 Å². The van der Waals surface area contributed by atoms with Gasteiger partial charge in [-0.2, -0.15) is 4.73 Å². The molecule has 0 N–H and O–H groups in total. The highest BCUT2D eigenvalue weighted by Crippen LogP contribution is 2.13. The lowest BCUT2D eigenvalue weighted by atomic mass is 10.1. The number of halogens is 1. The smallest absolute Gasteiger partial charge is 0.308 e. The Kier molecular flexibility index (Phi) is 5.36. The summed E-state index contributed by atoms with van der Waals surface area (Å²) in [4.78, 5) is 0. The summed E-state index contributed by atoms with van der Waals surface area (Å²) in [5, 5.41) is 11.3. The van der Waals surface area contributed by atoms with E-state index >= 15 is 0 Å². The number of nitrogens with zero attached hydrogens (tertiary/aromatic N) is 1. The molecule has 0 amide bonds. The van der Waals surface area contributed by atoms with Gasteiger partial charge < -0.3 is 5.21 Å². The number of unbranched alkanes of at least 4 members (excludes halogenated alkanes) is 1. The minimum Gasteiger partial charge on any atom is -0.618 e. The molecule has 0 radical (unpaired) electrons. The van der Waals surface area contributed by atoms with E-state index in [1.807, 2.05) is 24.3 Å². The molecule has 6 heteroatoms. The Hall–Kier alpha value is -1.40. The van der Waals surface area contributed by atoms with E-state index in [4.69, 9.17) is 0 Å². The highest BCUT2D eigenvalue weighted by Gasteiger charge is 2.22. The number of aryl methyl sites for hydroxylation is 1. The van der Waals surface area contributed by atoms with E-state index < -0.39 is 9.84 Å². The molecule has 1 aromatic carbocycles. The van der Waals surface area contributed by atoms with Crippen LogP contribution in [0.2, 0.25) is 0 Å². The quantitative estimate of drug-likeness (QED) is 0.446. The molecular formula is C15H16BrNO3S. The van der Waals surface area contributed by atoms with E-state index in [0.717, 1.165) is 17.3 Å². The maximum absolute atomic E-state index is 12.1. The molecule has 0 saturated carbocycles. The van der Waals surface area contributed by atoms with E-state index in [-0.39, 0.29) is 10.8 Å². The minimum absolute atomic E-state index is 0.00419. The molecule has 112 valence electrons. The predicted molar refractivity (Wildman–Crippen MR) is 84.5 cm³/mol. The molecule has 0 aliphatic heterocycles. The summed E-state index contributed by atoms with van der Waals surface area (Å²) >= 11 is 3.37. The Morgan fingerprint density at radius 2 is 1.76 bits per heavy atom. The lowest BCUT2D eigenvalue weighted by Gasteiger charge is -2.05. The molecule has 1 heterocycles. The van der Waals surface area contributed by atoms with Crippen LogP contribution in [0.5, 0.6) is 0 Å². The first kappa shape index (κ1) is 16.0. The van der Waals surface area contributed by atoms with Crippen LogP contribution < -0.4 is 4.73 Å². The zero-order valence-electron chi connectivity index (χ0n) is 11.4. The van der Waals surface area contributed by atoms with Crippen molar-refractivity contribution in [2.24, 2.45) is 0 Å². The maximum Gasteiger partial charge on any atom is 0.308 e. The SMILES string of the molecule is O=S(=O)(CCCCc1ccc(Br)cc1)c1cccc[n+]1[O-]. The second-order valence-corrected chi connectivity index (χ2v) is 7.74. The summed E-state index contributed by atoms with van der Waals surface area (Å²) in [7, 11) is -3.51. The van der Waals surface area contributed by atoms with Gasteiger partial charge in [0.15, 0.2) is 6.20 Å². The topological polar surface area (TPSA) is 61.1 Å². The summed E-state index contributed by atoms with van der Waals surface area (Å²) in [6.07, 6.45) is 3.34. The Morgan fingerprint density at radius 3 is 2.43 bits per heavy atom. The van der Waals surface area contributed by atoms with E-state index in [9.17, 15) is 13.6 Å². The van der Waals surface area contributed by atoms with Crippen LogP contribution in [0, 0.1) is 5.21 Å². The zero-order valence-corrected chi connectivity index (χ0v) is 13.8. The van der Waals surface area contributed by atoms with Crippen LogP contribution in [0.4, 0.5) is 0 Å². The van der Waals surface area contributed by atoms with Gasteiger partial charge in [0.25, 0.3) is 0 Å². The number of rotatable bonds is 6. The summed E-state index contributed by atoms with van der Waals surface area (Å²) in [6, 6.07) is 12.4. The zero-order chi connectivity index (χ0) is 15.3. The third-order valence-corrected chi connectivity index (χ3v) is 5.46. The summed E-state index contributed by atoms with van der Waals surface area (Å²) < 4.78 is 25.6. The fourth-order valence-electron chi connectivity index (χ4n) is 2.03. The van der Waals surface area contributed by atoms with Gasteiger partial charge in [-0.25, -0.2) is 8.42 Å². The van der Waals surface area contributed by atoms with Gasteiger partial charge in [-0.3, -0.25) is 0 Å². The number of hydrogen-bond donors (Lipinski definition) is 0. The van der Waals surface area contributed by atoms with Gasteiger partial charge in [0, 0.05) is 16.6 Å². The minimum atomic E-state index is -3.51. The Balaban J connectivity index is 1.88. The highest BCUT2D eigenvalue weighted by molar-refractivity contribution is 9.10. The second-order valence-electron chi connectivity index (χ2n) is 4.77. The number of benzene rings is 1. The van der Waals surface area contributed by atoms with Crippen molar-refractivity contribution in [3.05, 3.63) is 63.9 Å². The molecule has 0 aliphatic carbocycles. The summed E-state index contributed by atoms with van der Waals surface area (Å²) in [5.41, 5.74) is 1.18. The van der Waals surface area contributed by atoms with Gasteiger partial charge in [0.1, 0.15) is 0 Å². The van der Waals surface area contributed by atoms with E-state index in [1.165, 1.54) is 23.9 Å². The third kappa shape index (κ3) is 4.54. The summed E-state index contributed by atoms with van der Waals surface area (Å²) in [6.45, 7) is 0. The van der Waals surface area contributed by atoms with Crippen molar-refractivity contribution in [3.8, 4) is 0 Å². The first-order valence-corrected chi connectivity index (χ1v) is 9.09. The Morgan fingerprint density at radius 1 is 1.05 bits per heavy atom. The van der Waals surface area contributed by atoms with Crippen molar-refractivity contribution in [3.63, 3.8) is 0 Å².